The Balaban J connectivity index is 2.24. The minimum absolute atomic E-state index is 0.772. The van der Waals surface area contributed by atoms with Gasteiger partial charge < -0.3 is 4.40 Å². The summed E-state index contributed by atoms with van der Waals surface area (Å²) in [6.07, 6.45) is 2.05. The summed E-state index contributed by atoms with van der Waals surface area (Å²) in [6, 6.07) is 6.17. The molecule has 0 spiro atoms. The van der Waals surface area contributed by atoms with Gasteiger partial charge in [-0.3, -0.25) is 0 Å². The molecule has 0 saturated heterocycles. The van der Waals surface area contributed by atoms with Crippen LogP contribution in [0.25, 0.3) is 31.7 Å². The summed E-state index contributed by atoms with van der Waals surface area (Å²) >= 11 is 1.63. The van der Waals surface area contributed by atoms with E-state index >= 15 is 0 Å². The van der Waals surface area contributed by atoms with Crippen LogP contribution >= 0.6 is 11.3 Å². The Bertz CT molecular complexity index is 1160. The van der Waals surface area contributed by atoms with E-state index in [4.69, 9.17) is 0 Å². The molecule has 0 aliphatic carbocycles. The molecule has 0 fully saturated rings. The zero-order chi connectivity index (χ0) is 14.1. The molecule has 7 heteroatoms. The van der Waals surface area contributed by atoms with Gasteiger partial charge in [-0.05, 0) is 48.0 Å². The molecule has 6 nitrogen and oxygen atoms in total. The molecule has 0 atom stereocenters. The highest BCUT2D eigenvalue weighted by Crippen LogP contribution is 2.36. The number of rotatable bonds is 0. The molecule has 5 rings (SSSR count). The maximum atomic E-state index is 4.68. The van der Waals surface area contributed by atoms with Gasteiger partial charge in [0.15, 0.2) is 0 Å². The fourth-order valence-electron chi connectivity index (χ4n) is 3.02. The monoisotopic (exact) mass is 294 g/mol. The van der Waals surface area contributed by atoms with Crippen LogP contribution in [0.1, 0.15) is 11.3 Å². The van der Waals surface area contributed by atoms with E-state index in [0.29, 0.717) is 0 Å². The van der Waals surface area contributed by atoms with E-state index in [2.05, 4.69) is 44.1 Å². The van der Waals surface area contributed by atoms with Crippen LogP contribution in [0.2, 0.25) is 0 Å². The fraction of sp³-hybridized carbons (Fsp3) is 0.143. The second-order valence-electron chi connectivity index (χ2n) is 5.19. The maximum absolute atomic E-state index is 4.68. The first-order valence-corrected chi connectivity index (χ1v) is 7.43. The number of nitrogens with zero attached hydrogens (tertiary/aromatic N) is 6. The Morgan fingerprint density at radius 1 is 1.24 bits per heavy atom. The molecule has 0 bridgehead atoms. The van der Waals surface area contributed by atoms with Gasteiger partial charge in [0, 0.05) is 17.3 Å². The number of hydrogen-bond acceptors (Lipinski definition) is 5. The highest BCUT2D eigenvalue weighted by atomic mass is 32.1. The third-order valence-corrected chi connectivity index (χ3v) is 4.87. The standard InChI is InChI=1S/C14H10N6S/c1-7-6-8(2)15-13-10(7)11-14(21-13)20-12(16-17-18-20)9-4-3-5-19(9)11/h3-6H,1-2H3. The molecule has 0 N–H and O–H groups in total. The van der Waals surface area contributed by atoms with Crippen molar-refractivity contribution in [2.24, 2.45) is 0 Å². The Morgan fingerprint density at radius 3 is 3.05 bits per heavy atom. The van der Waals surface area contributed by atoms with Crippen LogP contribution < -0.4 is 0 Å². The first kappa shape index (κ1) is 11.2. The topological polar surface area (TPSA) is 60.4 Å². The molecular weight excluding hydrogens is 284 g/mol. The van der Waals surface area contributed by atoms with Crippen molar-refractivity contribution in [3.63, 3.8) is 0 Å². The summed E-state index contributed by atoms with van der Waals surface area (Å²) in [5, 5.41) is 13.3. The van der Waals surface area contributed by atoms with Crippen LogP contribution in [0, 0.1) is 13.8 Å². The number of aryl methyl sites for hydroxylation is 2. The lowest BCUT2D eigenvalue weighted by Gasteiger charge is -2.03. The summed E-state index contributed by atoms with van der Waals surface area (Å²) in [5.74, 6) is 0. The Labute approximate surface area is 122 Å². The van der Waals surface area contributed by atoms with Gasteiger partial charge >= 0.3 is 0 Å². The van der Waals surface area contributed by atoms with Crippen LogP contribution in [0.4, 0.5) is 0 Å². The van der Waals surface area contributed by atoms with E-state index in [1.807, 2.05) is 23.6 Å². The van der Waals surface area contributed by atoms with Gasteiger partial charge in [0.1, 0.15) is 9.66 Å². The van der Waals surface area contributed by atoms with E-state index in [-0.39, 0.29) is 0 Å². The number of pyridine rings is 1. The van der Waals surface area contributed by atoms with Crippen LogP contribution in [-0.4, -0.2) is 29.4 Å². The molecular formula is C14H10N6S. The van der Waals surface area contributed by atoms with E-state index in [0.717, 1.165) is 32.0 Å². The number of tetrazole rings is 1. The minimum Gasteiger partial charge on any atom is -0.310 e. The average Bonchev–Trinajstić information content (AvgIpc) is 3.13. The van der Waals surface area contributed by atoms with Crippen molar-refractivity contribution in [2.45, 2.75) is 13.8 Å². The second kappa shape index (κ2) is 3.56. The van der Waals surface area contributed by atoms with Gasteiger partial charge in [-0.15, -0.1) is 5.10 Å². The average molecular weight is 294 g/mol. The van der Waals surface area contributed by atoms with Crippen LogP contribution in [-0.2, 0) is 0 Å². The van der Waals surface area contributed by atoms with Crippen LogP contribution in [0.15, 0.2) is 24.4 Å². The third-order valence-electron chi connectivity index (χ3n) is 3.82. The second-order valence-corrected chi connectivity index (χ2v) is 6.17. The quantitative estimate of drug-likeness (QED) is 0.440. The van der Waals surface area contributed by atoms with Gasteiger partial charge in [0.05, 0.1) is 11.0 Å². The zero-order valence-electron chi connectivity index (χ0n) is 11.4. The van der Waals surface area contributed by atoms with Gasteiger partial charge in [-0.25, -0.2) is 4.98 Å². The largest absolute Gasteiger partial charge is 0.310 e. The third kappa shape index (κ3) is 1.26. The molecule has 0 aliphatic rings. The van der Waals surface area contributed by atoms with Crippen molar-refractivity contribution < 1.29 is 0 Å². The highest BCUT2D eigenvalue weighted by molar-refractivity contribution is 7.25. The van der Waals surface area contributed by atoms with Gasteiger partial charge in [-0.1, -0.05) is 11.3 Å². The number of hydrogen-bond donors (Lipinski definition) is 0. The fourth-order valence-corrected chi connectivity index (χ4v) is 4.26. The van der Waals surface area contributed by atoms with Gasteiger partial charge in [0.25, 0.3) is 0 Å². The molecule has 0 aliphatic heterocycles. The Kier molecular flexibility index (Phi) is 1.89. The lowest BCUT2D eigenvalue weighted by atomic mass is 10.1. The first-order chi connectivity index (χ1) is 10.2. The summed E-state index contributed by atoms with van der Waals surface area (Å²) in [4.78, 5) is 6.73. The summed E-state index contributed by atoms with van der Waals surface area (Å²) in [5.41, 5.74) is 5.16. The molecule has 5 aromatic heterocycles. The molecule has 102 valence electrons. The molecule has 5 heterocycles. The summed E-state index contributed by atoms with van der Waals surface area (Å²) in [7, 11) is 0. The molecule has 0 radical (unpaired) electrons. The lowest BCUT2D eigenvalue weighted by molar-refractivity contribution is 0.844. The van der Waals surface area contributed by atoms with Crippen molar-refractivity contribution in [3.8, 4) is 0 Å². The molecule has 21 heavy (non-hydrogen) atoms. The summed E-state index contributed by atoms with van der Waals surface area (Å²) < 4.78 is 3.97. The molecule has 0 saturated carbocycles. The van der Waals surface area contributed by atoms with Crippen molar-refractivity contribution in [1.29, 1.82) is 0 Å². The first-order valence-electron chi connectivity index (χ1n) is 6.61. The predicted octanol–water partition coefficient (Wildman–Crippen LogP) is 2.76. The van der Waals surface area contributed by atoms with Gasteiger partial charge in [-0.2, -0.15) is 4.52 Å². The minimum atomic E-state index is 0.772. The lowest BCUT2D eigenvalue weighted by Crippen LogP contribution is -1.95. The highest BCUT2D eigenvalue weighted by Gasteiger charge is 2.18. The Hall–Kier alpha value is -2.54. The van der Waals surface area contributed by atoms with Crippen molar-refractivity contribution in [3.05, 3.63) is 35.7 Å². The molecule has 5 aromatic rings. The van der Waals surface area contributed by atoms with E-state index in [9.17, 15) is 0 Å². The number of fused-ring (bicyclic) bond motifs is 8. The molecule has 0 unspecified atom stereocenters. The van der Waals surface area contributed by atoms with E-state index in [1.165, 1.54) is 10.9 Å². The summed E-state index contributed by atoms with van der Waals surface area (Å²) in [6.45, 7) is 4.15. The van der Waals surface area contributed by atoms with E-state index in [1.54, 1.807) is 11.3 Å². The van der Waals surface area contributed by atoms with Crippen LogP contribution in [0.5, 0.6) is 0 Å². The zero-order valence-corrected chi connectivity index (χ0v) is 12.2. The van der Waals surface area contributed by atoms with Crippen molar-refractivity contribution in [2.75, 3.05) is 0 Å². The van der Waals surface area contributed by atoms with E-state index < -0.39 is 0 Å². The Morgan fingerprint density at radius 2 is 2.14 bits per heavy atom. The maximum Gasteiger partial charge on any atom is 0.204 e. The normalized spacial score (nSPS) is 12.3. The van der Waals surface area contributed by atoms with Crippen LogP contribution in [0.3, 0.4) is 0 Å². The smallest absolute Gasteiger partial charge is 0.204 e. The predicted molar refractivity (Wildman–Crippen MR) is 81.9 cm³/mol. The molecule has 0 amide bonds. The SMILES string of the molecule is Cc1cc(C)c2c(n1)sc1c2n2cccc2c2nnnn21. The van der Waals surface area contributed by atoms with Gasteiger partial charge in [0.2, 0.25) is 5.65 Å². The van der Waals surface area contributed by atoms with Crippen molar-refractivity contribution in [1.82, 2.24) is 29.4 Å². The van der Waals surface area contributed by atoms with Crippen molar-refractivity contribution >= 4 is 43.1 Å². The number of thiophene rings is 1. The molecule has 0 aromatic carbocycles. The number of aromatic nitrogens is 6.